The van der Waals surface area contributed by atoms with Crippen LogP contribution in [-0.4, -0.2) is 45.3 Å². The molecule has 0 unspecified atom stereocenters. The van der Waals surface area contributed by atoms with E-state index in [2.05, 4.69) is 5.32 Å². The number of quaternary nitrogens is 1. The molecule has 6 heteroatoms. The molecule has 0 radical (unpaired) electrons. The first-order valence-electron chi connectivity index (χ1n) is 6.71. The van der Waals surface area contributed by atoms with E-state index < -0.39 is 0 Å². The summed E-state index contributed by atoms with van der Waals surface area (Å²) >= 11 is 0. The minimum absolute atomic E-state index is 0. The molecule has 2 N–H and O–H groups in total. The molecule has 2 rings (SSSR count). The second kappa shape index (κ2) is 8.89. The van der Waals surface area contributed by atoms with Gasteiger partial charge in [0.15, 0.2) is 0 Å². The van der Waals surface area contributed by atoms with Crippen LogP contribution in [0, 0.1) is 5.82 Å². The van der Waals surface area contributed by atoms with Crippen molar-refractivity contribution in [3.63, 3.8) is 0 Å². The average Bonchev–Trinajstić information content (AvgIpc) is 2.45. The van der Waals surface area contributed by atoms with Gasteiger partial charge in [0.2, 0.25) is 0 Å². The van der Waals surface area contributed by atoms with Crippen LogP contribution < -0.4 is 22.6 Å². The summed E-state index contributed by atoms with van der Waals surface area (Å²) < 4.78 is 18.0. The van der Waals surface area contributed by atoms with E-state index in [1.807, 2.05) is 0 Å². The number of ether oxygens (including phenoxy) is 1. The van der Waals surface area contributed by atoms with Gasteiger partial charge in [-0.3, -0.25) is 4.79 Å². The monoisotopic (exact) mass is 302 g/mol. The molecule has 1 saturated heterocycles. The van der Waals surface area contributed by atoms with Crippen LogP contribution in [0.1, 0.15) is 16.8 Å². The Morgan fingerprint density at radius 3 is 2.55 bits per heavy atom. The third-order valence-corrected chi connectivity index (χ3v) is 3.30. The molecule has 1 heterocycles. The van der Waals surface area contributed by atoms with Crippen molar-refractivity contribution in [2.45, 2.75) is 6.42 Å². The summed E-state index contributed by atoms with van der Waals surface area (Å²) in [5.41, 5.74) is 0.500. The number of halogens is 2. The standard InChI is InChI=1S/C14H19FN2O2.ClH/c15-13-4-2-12(3-5-13)14(18)16-6-1-7-17-8-10-19-11-9-17;/h2-5H,1,6-11H2,(H,16,18);1H. The SMILES string of the molecule is O=C(NCCC[NH+]1CCOCC1)c1ccc(F)cc1.[Cl-]. The molecule has 0 bridgehead atoms. The second-order valence-corrected chi connectivity index (χ2v) is 4.73. The fraction of sp³-hybridized carbons (Fsp3) is 0.500. The summed E-state index contributed by atoms with van der Waals surface area (Å²) in [6, 6.07) is 5.59. The van der Waals surface area contributed by atoms with Gasteiger partial charge in [-0.2, -0.15) is 0 Å². The summed E-state index contributed by atoms with van der Waals surface area (Å²) in [4.78, 5) is 13.3. The summed E-state index contributed by atoms with van der Waals surface area (Å²) in [5, 5.41) is 2.85. The minimum atomic E-state index is -0.326. The highest BCUT2D eigenvalue weighted by molar-refractivity contribution is 5.94. The number of carbonyl (C=O) groups excluding carboxylic acids is 1. The van der Waals surface area contributed by atoms with Crippen LogP contribution in [0.2, 0.25) is 0 Å². The smallest absolute Gasteiger partial charge is 0.251 e. The van der Waals surface area contributed by atoms with Crippen molar-refractivity contribution in [2.24, 2.45) is 0 Å². The lowest BCUT2D eigenvalue weighted by Crippen LogP contribution is -3.14. The lowest BCUT2D eigenvalue weighted by molar-refractivity contribution is -0.908. The minimum Gasteiger partial charge on any atom is -1.00 e. The molecular formula is C14H20ClFN2O2. The predicted molar refractivity (Wildman–Crippen MR) is 69.7 cm³/mol. The molecule has 0 aliphatic carbocycles. The van der Waals surface area contributed by atoms with Crippen molar-refractivity contribution in [2.75, 3.05) is 39.4 Å². The Morgan fingerprint density at radius 2 is 1.90 bits per heavy atom. The number of morpholine rings is 1. The van der Waals surface area contributed by atoms with E-state index >= 15 is 0 Å². The molecule has 4 nitrogen and oxygen atoms in total. The third-order valence-electron chi connectivity index (χ3n) is 3.30. The predicted octanol–water partition coefficient (Wildman–Crippen LogP) is -3.14. The van der Waals surface area contributed by atoms with Gasteiger partial charge < -0.3 is 27.4 Å². The van der Waals surface area contributed by atoms with E-state index in [1.165, 1.54) is 29.2 Å². The van der Waals surface area contributed by atoms with E-state index in [0.29, 0.717) is 12.1 Å². The van der Waals surface area contributed by atoms with E-state index in [0.717, 1.165) is 39.3 Å². The van der Waals surface area contributed by atoms with Gasteiger partial charge in [-0.05, 0) is 24.3 Å². The van der Waals surface area contributed by atoms with Crippen LogP contribution in [0.15, 0.2) is 24.3 Å². The number of hydrogen-bond acceptors (Lipinski definition) is 2. The maximum atomic E-state index is 12.7. The lowest BCUT2D eigenvalue weighted by atomic mass is 10.2. The zero-order valence-electron chi connectivity index (χ0n) is 11.3. The van der Waals surface area contributed by atoms with Crippen molar-refractivity contribution in [1.29, 1.82) is 0 Å². The van der Waals surface area contributed by atoms with Gasteiger partial charge in [0, 0.05) is 18.5 Å². The Morgan fingerprint density at radius 1 is 1.25 bits per heavy atom. The van der Waals surface area contributed by atoms with Crippen LogP contribution in [0.5, 0.6) is 0 Å². The normalized spacial score (nSPS) is 15.4. The number of nitrogens with one attached hydrogen (secondary N) is 2. The van der Waals surface area contributed by atoms with Gasteiger partial charge in [-0.15, -0.1) is 0 Å². The molecule has 1 fully saturated rings. The molecule has 1 amide bonds. The Kier molecular flexibility index (Phi) is 7.51. The number of hydrogen-bond donors (Lipinski definition) is 2. The van der Waals surface area contributed by atoms with Crippen molar-refractivity contribution in [1.82, 2.24) is 5.32 Å². The van der Waals surface area contributed by atoms with Gasteiger partial charge in [-0.25, -0.2) is 4.39 Å². The average molecular weight is 303 g/mol. The fourth-order valence-corrected chi connectivity index (χ4v) is 2.15. The van der Waals surface area contributed by atoms with Gasteiger partial charge in [0.25, 0.3) is 5.91 Å². The molecule has 1 aromatic carbocycles. The molecule has 1 aromatic rings. The van der Waals surface area contributed by atoms with Crippen molar-refractivity contribution < 1.29 is 31.2 Å². The summed E-state index contributed by atoms with van der Waals surface area (Å²) in [6.07, 6.45) is 0.947. The quantitative estimate of drug-likeness (QED) is 0.565. The molecule has 1 aliphatic rings. The van der Waals surface area contributed by atoms with Crippen molar-refractivity contribution in [3.05, 3.63) is 35.6 Å². The van der Waals surface area contributed by atoms with Gasteiger partial charge in [0.05, 0.1) is 19.8 Å². The van der Waals surface area contributed by atoms with Crippen molar-refractivity contribution in [3.8, 4) is 0 Å². The van der Waals surface area contributed by atoms with Crippen LogP contribution in [0.4, 0.5) is 4.39 Å². The maximum absolute atomic E-state index is 12.7. The Hall–Kier alpha value is -1.17. The van der Waals surface area contributed by atoms with Crippen LogP contribution >= 0.6 is 0 Å². The first-order chi connectivity index (χ1) is 9.25. The largest absolute Gasteiger partial charge is 1.00 e. The Balaban J connectivity index is 0.00000200. The molecule has 0 spiro atoms. The highest BCUT2D eigenvalue weighted by atomic mass is 35.5. The fourth-order valence-electron chi connectivity index (χ4n) is 2.15. The lowest BCUT2D eigenvalue weighted by Gasteiger charge is -2.23. The van der Waals surface area contributed by atoms with Crippen LogP contribution in [0.3, 0.4) is 0 Å². The van der Waals surface area contributed by atoms with Gasteiger partial charge >= 0.3 is 0 Å². The molecule has 112 valence electrons. The highest BCUT2D eigenvalue weighted by Crippen LogP contribution is 2.02. The van der Waals surface area contributed by atoms with E-state index in [-0.39, 0.29) is 24.1 Å². The van der Waals surface area contributed by atoms with Crippen molar-refractivity contribution >= 4 is 5.91 Å². The summed E-state index contributed by atoms with van der Waals surface area (Å²) in [6.45, 7) is 5.46. The van der Waals surface area contributed by atoms with Crippen LogP contribution in [-0.2, 0) is 4.74 Å². The maximum Gasteiger partial charge on any atom is 0.251 e. The Bertz CT molecular complexity index is 408. The zero-order valence-corrected chi connectivity index (χ0v) is 12.1. The Labute approximate surface area is 124 Å². The third kappa shape index (κ3) is 5.45. The van der Waals surface area contributed by atoms with E-state index in [4.69, 9.17) is 4.74 Å². The van der Waals surface area contributed by atoms with E-state index in [9.17, 15) is 9.18 Å². The number of benzene rings is 1. The highest BCUT2D eigenvalue weighted by Gasteiger charge is 2.13. The number of amides is 1. The topological polar surface area (TPSA) is 42.8 Å². The van der Waals surface area contributed by atoms with Gasteiger partial charge in [0.1, 0.15) is 18.9 Å². The van der Waals surface area contributed by atoms with Crippen LogP contribution in [0.25, 0.3) is 0 Å². The first kappa shape index (κ1) is 16.9. The zero-order chi connectivity index (χ0) is 13.5. The molecule has 1 aliphatic heterocycles. The summed E-state index contributed by atoms with van der Waals surface area (Å²) in [5.74, 6) is -0.468. The number of rotatable bonds is 5. The second-order valence-electron chi connectivity index (χ2n) is 4.73. The van der Waals surface area contributed by atoms with E-state index in [1.54, 1.807) is 0 Å². The van der Waals surface area contributed by atoms with Gasteiger partial charge in [-0.1, -0.05) is 0 Å². The summed E-state index contributed by atoms with van der Waals surface area (Å²) in [7, 11) is 0. The molecular weight excluding hydrogens is 283 g/mol. The molecule has 20 heavy (non-hydrogen) atoms. The molecule has 0 saturated carbocycles. The first-order valence-corrected chi connectivity index (χ1v) is 6.71. The molecule has 0 aromatic heterocycles. The molecule has 0 atom stereocenters. The number of carbonyl (C=O) groups is 1.